The van der Waals surface area contributed by atoms with E-state index in [4.69, 9.17) is 21.1 Å². The van der Waals surface area contributed by atoms with Crippen LogP contribution in [0, 0.1) is 6.92 Å². The molecule has 0 saturated heterocycles. The van der Waals surface area contributed by atoms with Crippen LogP contribution in [-0.4, -0.2) is 18.3 Å². The van der Waals surface area contributed by atoms with E-state index in [1.54, 1.807) is 12.1 Å². The van der Waals surface area contributed by atoms with Crippen LogP contribution in [0.2, 0.25) is 5.02 Å². The number of rotatable bonds is 2. The lowest BCUT2D eigenvalue weighted by Crippen LogP contribution is -2.16. The zero-order valence-corrected chi connectivity index (χ0v) is 13.8. The van der Waals surface area contributed by atoms with E-state index in [9.17, 15) is 5.11 Å². The molecule has 2 heterocycles. The molecule has 0 radical (unpaired) electrons. The zero-order valence-electron chi connectivity index (χ0n) is 10.7. The molecule has 1 aliphatic rings. The first-order valence-corrected chi connectivity index (χ1v) is 8.08. The molecule has 1 aromatic heterocycles. The fraction of sp³-hybridized carbons (Fsp3) is 0.286. The molecule has 0 saturated carbocycles. The standard InChI is InChI=1S/C14H12BrClO3S/c1-7-4-12(20-14(7)15)13(17)8-5-10-11(6-9(8)16)19-3-2-18-10/h4-6,13,17H,2-3H2,1H3. The van der Waals surface area contributed by atoms with Crippen molar-refractivity contribution < 1.29 is 14.6 Å². The van der Waals surface area contributed by atoms with E-state index in [0.29, 0.717) is 35.3 Å². The summed E-state index contributed by atoms with van der Waals surface area (Å²) in [5.41, 5.74) is 1.72. The molecule has 0 spiro atoms. The quantitative estimate of drug-likeness (QED) is 0.849. The Balaban J connectivity index is 2.00. The Labute approximate surface area is 134 Å². The van der Waals surface area contributed by atoms with Gasteiger partial charge in [-0.05, 0) is 40.5 Å². The Hall–Kier alpha value is -0.750. The summed E-state index contributed by atoms with van der Waals surface area (Å²) in [7, 11) is 0. The van der Waals surface area contributed by atoms with Crippen molar-refractivity contribution in [3.05, 3.63) is 43.0 Å². The minimum atomic E-state index is -0.770. The first kappa shape index (κ1) is 14.2. The summed E-state index contributed by atoms with van der Waals surface area (Å²) in [6.07, 6.45) is -0.770. The highest BCUT2D eigenvalue weighted by atomic mass is 79.9. The monoisotopic (exact) mass is 374 g/mol. The molecule has 0 fully saturated rings. The fourth-order valence-electron chi connectivity index (χ4n) is 2.06. The van der Waals surface area contributed by atoms with Crippen LogP contribution in [0.3, 0.4) is 0 Å². The van der Waals surface area contributed by atoms with Gasteiger partial charge in [0.05, 0.1) is 8.81 Å². The van der Waals surface area contributed by atoms with Crippen LogP contribution in [0.25, 0.3) is 0 Å². The minimum Gasteiger partial charge on any atom is -0.486 e. The van der Waals surface area contributed by atoms with Crippen LogP contribution in [0.15, 0.2) is 22.0 Å². The lowest BCUT2D eigenvalue weighted by atomic mass is 10.1. The van der Waals surface area contributed by atoms with E-state index in [1.807, 2.05) is 13.0 Å². The number of hydrogen-bond acceptors (Lipinski definition) is 4. The number of aliphatic hydroxyl groups excluding tert-OH is 1. The van der Waals surface area contributed by atoms with Crippen LogP contribution in [-0.2, 0) is 0 Å². The Morgan fingerprint density at radius 3 is 2.50 bits per heavy atom. The summed E-state index contributed by atoms with van der Waals surface area (Å²) in [5.74, 6) is 1.25. The van der Waals surface area contributed by atoms with E-state index in [1.165, 1.54) is 11.3 Å². The van der Waals surface area contributed by atoms with Crippen LogP contribution in [0.1, 0.15) is 22.1 Å². The van der Waals surface area contributed by atoms with Crippen LogP contribution < -0.4 is 9.47 Å². The van der Waals surface area contributed by atoms with E-state index in [2.05, 4.69) is 15.9 Å². The Kier molecular flexibility index (Phi) is 3.95. The average molecular weight is 376 g/mol. The molecule has 0 amide bonds. The molecular formula is C14H12BrClO3S. The number of thiophene rings is 1. The van der Waals surface area contributed by atoms with Gasteiger partial charge in [0.1, 0.15) is 19.3 Å². The van der Waals surface area contributed by atoms with Gasteiger partial charge in [0.15, 0.2) is 11.5 Å². The molecule has 106 valence electrons. The Bertz CT molecular complexity index is 637. The second-order valence-corrected chi connectivity index (χ2v) is 7.33. The molecule has 20 heavy (non-hydrogen) atoms. The van der Waals surface area contributed by atoms with Crippen molar-refractivity contribution in [2.45, 2.75) is 13.0 Å². The molecular weight excluding hydrogens is 364 g/mol. The molecule has 1 aromatic carbocycles. The van der Waals surface area contributed by atoms with Gasteiger partial charge in [-0.2, -0.15) is 0 Å². The summed E-state index contributed by atoms with van der Waals surface area (Å²) >= 11 is 11.2. The molecule has 6 heteroatoms. The first-order chi connectivity index (χ1) is 9.56. The van der Waals surface area contributed by atoms with Crippen molar-refractivity contribution >= 4 is 38.9 Å². The Morgan fingerprint density at radius 1 is 1.25 bits per heavy atom. The molecule has 1 aliphatic heterocycles. The second-order valence-electron chi connectivity index (χ2n) is 4.53. The lowest BCUT2D eigenvalue weighted by Gasteiger charge is -2.21. The average Bonchev–Trinajstić information content (AvgIpc) is 2.77. The smallest absolute Gasteiger partial charge is 0.162 e. The predicted molar refractivity (Wildman–Crippen MR) is 83.3 cm³/mol. The molecule has 0 aliphatic carbocycles. The van der Waals surface area contributed by atoms with Gasteiger partial charge in [0.25, 0.3) is 0 Å². The summed E-state index contributed by atoms with van der Waals surface area (Å²) in [4.78, 5) is 0.841. The number of halogens is 2. The van der Waals surface area contributed by atoms with Crippen molar-refractivity contribution in [3.8, 4) is 11.5 Å². The van der Waals surface area contributed by atoms with Crippen molar-refractivity contribution in [2.24, 2.45) is 0 Å². The molecule has 0 bridgehead atoms. The van der Waals surface area contributed by atoms with Gasteiger partial charge in [0.2, 0.25) is 0 Å². The summed E-state index contributed by atoms with van der Waals surface area (Å²) in [6.45, 7) is 3.01. The highest BCUT2D eigenvalue weighted by Crippen LogP contribution is 2.41. The lowest BCUT2D eigenvalue weighted by molar-refractivity contribution is 0.170. The second kappa shape index (κ2) is 5.56. The van der Waals surface area contributed by atoms with Crippen molar-refractivity contribution in [2.75, 3.05) is 13.2 Å². The number of benzene rings is 1. The molecule has 2 aromatic rings. The SMILES string of the molecule is Cc1cc(C(O)c2cc3c(cc2Cl)OCCO3)sc1Br. The van der Waals surface area contributed by atoms with Gasteiger partial charge in [-0.3, -0.25) is 0 Å². The molecule has 1 atom stereocenters. The van der Waals surface area contributed by atoms with Gasteiger partial charge in [0, 0.05) is 16.5 Å². The van der Waals surface area contributed by atoms with Gasteiger partial charge in [-0.15, -0.1) is 11.3 Å². The third kappa shape index (κ3) is 2.55. The summed E-state index contributed by atoms with van der Waals surface area (Å²) in [6, 6.07) is 5.40. The fourth-order valence-corrected chi connectivity index (χ4v) is 3.89. The zero-order chi connectivity index (χ0) is 14.3. The number of aliphatic hydroxyl groups is 1. The summed E-state index contributed by atoms with van der Waals surface area (Å²) in [5, 5.41) is 11.0. The maximum absolute atomic E-state index is 10.5. The van der Waals surface area contributed by atoms with E-state index < -0.39 is 6.10 Å². The van der Waals surface area contributed by atoms with Crippen LogP contribution in [0.4, 0.5) is 0 Å². The van der Waals surface area contributed by atoms with E-state index >= 15 is 0 Å². The molecule has 1 N–H and O–H groups in total. The number of ether oxygens (including phenoxy) is 2. The first-order valence-electron chi connectivity index (χ1n) is 6.09. The van der Waals surface area contributed by atoms with Crippen LogP contribution >= 0.6 is 38.9 Å². The third-order valence-corrected chi connectivity index (χ3v) is 5.62. The van der Waals surface area contributed by atoms with Gasteiger partial charge in [-0.25, -0.2) is 0 Å². The minimum absolute atomic E-state index is 0.476. The summed E-state index contributed by atoms with van der Waals surface area (Å²) < 4.78 is 12.0. The van der Waals surface area contributed by atoms with Crippen LogP contribution in [0.5, 0.6) is 11.5 Å². The largest absolute Gasteiger partial charge is 0.486 e. The Morgan fingerprint density at radius 2 is 1.90 bits per heavy atom. The van der Waals surface area contributed by atoms with E-state index in [0.717, 1.165) is 14.2 Å². The number of aryl methyl sites for hydroxylation is 1. The van der Waals surface area contributed by atoms with Gasteiger partial charge >= 0.3 is 0 Å². The highest BCUT2D eigenvalue weighted by molar-refractivity contribution is 9.11. The van der Waals surface area contributed by atoms with E-state index in [-0.39, 0.29) is 0 Å². The third-order valence-electron chi connectivity index (χ3n) is 3.10. The number of fused-ring (bicyclic) bond motifs is 1. The van der Waals surface area contributed by atoms with Crippen molar-refractivity contribution in [1.29, 1.82) is 0 Å². The van der Waals surface area contributed by atoms with Crippen molar-refractivity contribution in [3.63, 3.8) is 0 Å². The normalized spacial score (nSPS) is 15.2. The predicted octanol–water partition coefficient (Wildman–Crippen LogP) is 4.33. The van der Waals surface area contributed by atoms with Gasteiger partial charge < -0.3 is 14.6 Å². The maximum Gasteiger partial charge on any atom is 0.162 e. The van der Waals surface area contributed by atoms with Gasteiger partial charge in [-0.1, -0.05) is 11.6 Å². The maximum atomic E-state index is 10.5. The molecule has 1 unspecified atom stereocenters. The van der Waals surface area contributed by atoms with Crippen molar-refractivity contribution in [1.82, 2.24) is 0 Å². The number of hydrogen-bond donors (Lipinski definition) is 1. The molecule has 3 nitrogen and oxygen atoms in total. The molecule has 3 rings (SSSR count). The topological polar surface area (TPSA) is 38.7 Å². The highest BCUT2D eigenvalue weighted by Gasteiger charge is 2.22.